The molecular weight excluding hydrogens is 215 g/mol. The maximum atomic E-state index is 12.8. The standard InChI is InChI=1S/C12H8ClFO/c13-12(14)10-4-3-9-2-1-8(7-15)5-11(9)6-10/h1-7,12H. The lowest BCUT2D eigenvalue weighted by Crippen LogP contribution is -1.84. The number of fused-ring (bicyclic) bond motifs is 1. The number of halogens is 2. The van der Waals surface area contributed by atoms with Crippen LogP contribution in [-0.4, -0.2) is 6.29 Å². The van der Waals surface area contributed by atoms with Crippen molar-refractivity contribution in [1.29, 1.82) is 0 Å². The van der Waals surface area contributed by atoms with E-state index in [4.69, 9.17) is 11.6 Å². The van der Waals surface area contributed by atoms with Crippen LogP contribution in [0.2, 0.25) is 0 Å². The molecule has 15 heavy (non-hydrogen) atoms. The zero-order chi connectivity index (χ0) is 10.8. The number of hydrogen-bond donors (Lipinski definition) is 0. The molecule has 1 unspecified atom stereocenters. The summed E-state index contributed by atoms with van der Waals surface area (Å²) < 4.78 is 12.8. The molecule has 2 rings (SSSR count). The molecular formula is C12H8ClFO. The Morgan fingerprint density at radius 1 is 1.13 bits per heavy atom. The molecule has 1 nitrogen and oxygen atoms in total. The van der Waals surface area contributed by atoms with Crippen LogP contribution in [0.3, 0.4) is 0 Å². The highest BCUT2D eigenvalue weighted by molar-refractivity contribution is 6.19. The molecule has 0 aliphatic heterocycles. The molecule has 0 aliphatic rings. The number of benzene rings is 2. The molecule has 0 saturated heterocycles. The number of carbonyl (C=O) groups is 1. The summed E-state index contributed by atoms with van der Waals surface area (Å²) in [5.74, 6) is 0. The van der Waals surface area contributed by atoms with Crippen LogP contribution in [0.4, 0.5) is 4.39 Å². The summed E-state index contributed by atoms with van der Waals surface area (Å²) in [5.41, 5.74) is -0.522. The van der Waals surface area contributed by atoms with E-state index < -0.39 is 5.63 Å². The molecule has 76 valence electrons. The smallest absolute Gasteiger partial charge is 0.198 e. The van der Waals surface area contributed by atoms with Crippen molar-refractivity contribution in [1.82, 2.24) is 0 Å². The zero-order valence-electron chi connectivity index (χ0n) is 7.78. The van der Waals surface area contributed by atoms with Gasteiger partial charge in [0.05, 0.1) is 0 Å². The van der Waals surface area contributed by atoms with Gasteiger partial charge in [-0.1, -0.05) is 35.9 Å². The summed E-state index contributed by atoms with van der Waals surface area (Å²) in [6.45, 7) is 0. The molecule has 0 aliphatic carbocycles. The molecule has 0 spiro atoms. The van der Waals surface area contributed by atoms with Crippen molar-refractivity contribution in [2.75, 3.05) is 0 Å². The van der Waals surface area contributed by atoms with Crippen molar-refractivity contribution in [2.24, 2.45) is 0 Å². The van der Waals surface area contributed by atoms with E-state index in [1.165, 1.54) is 0 Å². The number of rotatable bonds is 2. The molecule has 0 heterocycles. The minimum Gasteiger partial charge on any atom is -0.298 e. The second kappa shape index (κ2) is 3.99. The predicted molar refractivity (Wildman–Crippen MR) is 59.0 cm³/mol. The topological polar surface area (TPSA) is 17.1 Å². The first-order valence-corrected chi connectivity index (χ1v) is 4.91. The molecule has 0 bridgehead atoms. The first kappa shape index (κ1) is 10.1. The van der Waals surface area contributed by atoms with Gasteiger partial charge in [0.25, 0.3) is 0 Å². The van der Waals surface area contributed by atoms with Gasteiger partial charge < -0.3 is 0 Å². The van der Waals surface area contributed by atoms with E-state index >= 15 is 0 Å². The van der Waals surface area contributed by atoms with Crippen LogP contribution in [0.15, 0.2) is 36.4 Å². The fraction of sp³-hybridized carbons (Fsp3) is 0.0833. The Labute approximate surface area is 91.5 Å². The first-order chi connectivity index (χ1) is 7.20. The second-order valence-corrected chi connectivity index (χ2v) is 3.67. The second-order valence-electron chi connectivity index (χ2n) is 3.28. The largest absolute Gasteiger partial charge is 0.298 e. The molecule has 0 radical (unpaired) electrons. The monoisotopic (exact) mass is 222 g/mol. The highest BCUT2D eigenvalue weighted by Crippen LogP contribution is 2.25. The molecule has 2 aromatic carbocycles. The fourth-order valence-corrected chi connectivity index (χ4v) is 1.63. The minimum atomic E-state index is -1.51. The van der Waals surface area contributed by atoms with E-state index in [1.54, 1.807) is 30.3 Å². The lowest BCUT2D eigenvalue weighted by Gasteiger charge is -2.03. The van der Waals surface area contributed by atoms with Gasteiger partial charge in [-0.05, 0) is 22.9 Å². The van der Waals surface area contributed by atoms with Gasteiger partial charge in [0.15, 0.2) is 5.63 Å². The highest BCUT2D eigenvalue weighted by atomic mass is 35.5. The quantitative estimate of drug-likeness (QED) is 0.557. The summed E-state index contributed by atoms with van der Waals surface area (Å²) in [6.07, 6.45) is 0.764. The Morgan fingerprint density at radius 3 is 2.53 bits per heavy atom. The zero-order valence-corrected chi connectivity index (χ0v) is 8.54. The van der Waals surface area contributed by atoms with Gasteiger partial charge in [-0.2, -0.15) is 0 Å². The SMILES string of the molecule is O=Cc1ccc2ccc(C(F)Cl)cc2c1. The van der Waals surface area contributed by atoms with Crippen molar-refractivity contribution in [3.05, 3.63) is 47.5 Å². The Morgan fingerprint density at radius 2 is 1.87 bits per heavy atom. The van der Waals surface area contributed by atoms with Gasteiger partial charge in [0, 0.05) is 11.1 Å². The third-order valence-corrected chi connectivity index (χ3v) is 2.53. The molecule has 3 heteroatoms. The van der Waals surface area contributed by atoms with Gasteiger partial charge in [0.2, 0.25) is 0 Å². The molecule has 1 atom stereocenters. The van der Waals surface area contributed by atoms with E-state index in [9.17, 15) is 9.18 Å². The van der Waals surface area contributed by atoms with Crippen LogP contribution in [0.25, 0.3) is 10.8 Å². The number of hydrogen-bond acceptors (Lipinski definition) is 1. The van der Waals surface area contributed by atoms with Crippen LogP contribution < -0.4 is 0 Å². The van der Waals surface area contributed by atoms with Gasteiger partial charge in [-0.3, -0.25) is 4.79 Å². The average Bonchev–Trinajstić information content (AvgIpc) is 2.27. The fourth-order valence-electron chi connectivity index (χ4n) is 1.49. The first-order valence-electron chi connectivity index (χ1n) is 4.48. The Hall–Kier alpha value is -1.41. The summed E-state index contributed by atoms with van der Waals surface area (Å²) >= 11 is 5.34. The molecule has 0 N–H and O–H groups in total. The van der Waals surface area contributed by atoms with Crippen molar-refractivity contribution in [3.8, 4) is 0 Å². The summed E-state index contributed by atoms with van der Waals surface area (Å²) in [7, 11) is 0. The van der Waals surface area contributed by atoms with E-state index in [0.717, 1.165) is 17.1 Å². The Bertz CT molecular complexity index is 508. The number of aldehydes is 1. The van der Waals surface area contributed by atoms with E-state index in [1.807, 2.05) is 6.07 Å². The van der Waals surface area contributed by atoms with Crippen LogP contribution in [0, 0.1) is 0 Å². The van der Waals surface area contributed by atoms with Gasteiger partial charge in [0.1, 0.15) is 6.29 Å². The van der Waals surface area contributed by atoms with Crippen LogP contribution in [-0.2, 0) is 0 Å². The van der Waals surface area contributed by atoms with Gasteiger partial charge >= 0.3 is 0 Å². The van der Waals surface area contributed by atoms with Crippen LogP contribution in [0.1, 0.15) is 21.6 Å². The Kier molecular flexibility index (Phi) is 2.69. The number of alkyl halides is 2. The Balaban J connectivity index is 2.62. The molecule has 0 fully saturated rings. The highest BCUT2D eigenvalue weighted by Gasteiger charge is 2.05. The van der Waals surface area contributed by atoms with Crippen LogP contribution in [0.5, 0.6) is 0 Å². The number of carbonyl (C=O) groups excluding carboxylic acids is 1. The molecule has 2 aromatic rings. The van der Waals surface area contributed by atoms with Crippen molar-refractivity contribution >= 4 is 28.7 Å². The van der Waals surface area contributed by atoms with E-state index in [2.05, 4.69) is 0 Å². The summed E-state index contributed by atoms with van der Waals surface area (Å²) in [5, 5.41) is 1.78. The normalized spacial score (nSPS) is 12.7. The third-order valence-electron chi connectivity index (χ3n) is 2.28. The van der Waals surface area contributed by atoms with E-state index in [0.29, 0.717) is 11.1 Å². The van der Waals surface area contributed by atoms with Gasteiger partial charge in [-0.15, -0.1) is 0 Å². The molecule has 0 amide bonds. The van der Waals surface area contributed by atoms with Gasteiger partial charge in [-0.25, -0.2) is 4.39 Å². The maximum absolute atomic E-state index is 12.8. The summed E-state index contributed by atoms with van der Waals surface area (Å²) in [6, 6.07) is 10.3. The molecule has 0 saturated carbocycles. The lowest BCUT2D eigenvalue weighted by molar-refractivity contribution is 0.112. The van der Waals surface area contributed by atoms with Crippen molar-refractivity contribution in [3.63, 3.8) is 0 Å². The van der Waals surface area contributed by atoms with E-state index in [-0.39, 0.29) is 0 Å². The predicted octanol–water partition coefficient (Wildman–Crippen LogP) is 3.86. The lowest BCUT2D eigenvalue weighted by atomic mass is 10.1. The third kappa shape index (κ3) is 2.00. The average molecular weight is 223 g/mol. The van der Waals surface area contributed by atoms with Crippen molar-refractivity contribution in [2.45, 2.75) is 5.63 Å². The van der Waals surface area contributed by atoms with Crippen molar-refractivity contribution < 1.29 is 9.18 Å². The maximum Gasteiger partial charge on any atom is 0.198 e. The summed E-state index contributed by atoms with van der Waals surface area (Å²) in [4.78, 5) is 10.6. The molecule has 0 aromatic heterocycles. The minimum absolute atomic E-state index is 0.409. The van der Waals surface area contributed by atoms with Crippen LogP contribution >= 0.6 is 11.6 Å².